The van der Waals surface area contributed by atoms with E-state index in [0.29, 0.717) is 12.3 Å². The summed E-state index contributed by atoms with van der Waals surface area (Å²) in [6.07, 6.45) is 8.14. The first-order chi connectivity index (χ1) is 14.3. The van der Waals surface area contributed by atoms with Crippen LogP contribution < -0.4 is 10.2 Å². The molecule has 0 atom stereocenters. The lowest BCUT2D eigenvalue weighted by Gasteiger charge is -2.35. The Morgan fingerprint density at radius 1 is 1.17 bits per heavy atom. The third-order valence-corrected chi connectivity index (χ3v) is 7.06. The summed E-state index contributed by atoms with van der Waals surface area (Å²) in [5.74, 6) is 1.32. The van der Waals surface area contributed by atoms with E-state index in [0.717, 1.165) is 49.8 Å². The van der Waals surface area contributed by atoms with Crippen LogP contribution in [0.3, 0.4) is 0 Å². The number of fused-ring (bicyclic) bond motifs is 3. The standard InChI is InChI=1S/C21H25N5O2S/c27-20(16-5-3-13-28-16)22-7-8-25-9-11-26(12-10-25)19-18-15-4-1-2-6-17(15)29-21(18)24-14-23-19/h3,5,13-14H,1-2,4,6-12H2,(H,22,27). The second-order valence-corrected chi connectivity index (χ2v) is 8.73. The predicted octanol–water partition coefficient (Wildman–Crippen LogP) is 2.72. The normalized spacial score (nSPS) is 17.4. The van der Waals surface area contributed by atoms with Crippen molar-refractivity contribution >= 4 is 33.3 Å². The van der Waals surface area contributed by atoms with Crippen molar-refractivity contribution in [2.45, 2.75) is 25.7 Å². The quantitative estimate of drug-likeness (QED) is 0.696. The van der Waals surface area contributed by atoms with E-state index in [4.69, 9.17) is 4.42 Å². The van der Waals surface area contributed by atoms with Crippen LogP contribution in [0.1, 0.15) is 33.8 Å². The van der Waals surface area contributed by atoms with Gasteiger partial charge in [-0.3, -0.25) is 9.69 Å². The van der Waals surface area contributed by atoms with Crippen LogP contribution in [0.25, 0.3) is 10.2 Å². The Kier molecular flexibility index (Phi) is 5.20. The number of aryl methyl sites for hydroxylation is 2. The smallest absolute Gasteiger partial charge is 0.287 e. The molecule has 5 rings (SSSR count). The Morgan fingerprint density at radius 2 is 2.03 bits per heavy atom. The largest absolute Gasteiger partial charge is 0.459 e. The molecule has 1 aliphatic heterocycles. The molecule has 4 heterocycles. The highest BCUT2D eigenvalue weighted by molar-refractivity contribution is 7.19. The summed E-state index contributed by atoms with van der Waals surface area (Å²) >= 11 is 1.85. The SMILES string of the molecule is O=C(NCCN1CCN(c2ncnc3sc4c(c23)CCCC4)CC1)c1ccco1. The fourth-order valence-corrected chi connectivity index (χ4v) is 5.54. The average Bonchev–Trinajstić information content (AvgIpc) is 3.42. The number of thiophene rings is 1. The molecule has 0 radical (unpaired) electrons. The van der Waals surface area contributed by atoms with Crippen molar-refractivity contribution in [3.05, 3.63) is 40.9 Å². The lowest BCUT2D eigenvalue weighted by molar-refractivity contribution is 0.0920. The number of hydrogen-bond acceptors (Lipinski definition) is 7. The van der Waals surface area contributed by atoms with Crippen LogP contribution in [0.4, 0.5) is 5.82 Å². The highest BCUT2D eigenvalue weighted by Gasteiger charge is 2.25. The molecule has 1 fully saturated rings. The number of rotatable bonds is 5. The van der Waals surface area contributed by atoms with Crippen LogP contribution in [0, 0.1) is 0 Å². The van der Waals surface area contributed by atoms with Crippen molar-refractivity contribution in [3.8, 4) is 0 Å². The molecular formula is C21H25N5O2S. The van der Waals surface area contributed by atoms with Crippen LogP contribution in [0.2, 0.25) is 0 Å². The van der Waals surface area contributed by atoms with Gasteiger partial charge in [0.05, 0.1) is 11.6 Å². The van der Waals surface area contributed by atoms with Gasteiger partial charge in [0, 0.05) is 44.1 Å². The number of carbonyl (C=O) groups is 1. The maximum Gasteiger partial charge on any atom is 0.287 e. The molecule has 0 saturated carbocycles. The zero-order chi connectivity index (χ0) is 19.6. The van der Waals surface area contributed by atoms with E-state index < -0.39 is 0 Å². The molecule has 1 N–H and O–H groups in total. The topological polar surface area (TPSA) is 74.5 Å². The Labute approximate surface area is 173 Å². The van der Waals surface area contributed by atoms with Gasteiger partial charge in [-0.15, -0.1) is 11.3 Å². The number of aromatic nitrogens is 2. The van der Waals surface area contributed by atoms with E-state index in [-0.39, 0.29) is 5.91 Å². The minimum Gasteiger partial charge on any atom is -0.459 e. The lowest BCUT2D eigenvalue weighted by atomic mass is 9.97. The van der Waals surface area contributed by atoms with E-state index in [1.54, 1.807) is 18.5 Å². The molecule has 0 unspecified atom stereocenters. The highest BCUT2D eigenvalue weighted by Crippen LogP contribution is 2.39. The van der Waals surface area contributed by atoms with Gasteiger partial charge < -0.3 is 14.6 Å². The molecule has 3 aromatic heterocycles. The van der Waals surface area contributed by atoms with Crippen LogP contribution in [-0.2, 0) is 12.8 Å². The predicted molar refractivity (Wildman–Crippen MR) is 114 cm³/mol. The van der Waals surface area contributed by atoms with Crippen LogP contribution >= 0.6 is 11.3 Å². The van der Waals surface area contributed by atoms with E-state index in [9.17, 15) is 4.79 Å². The minimum atomic E-state index is -0.153. The molecule has 7 nitrogen and oxygen atoms in total. The fourth-order valence-electron chi connectivity index (χ4n) is 4.32. The van der Waals surface area contributed by atoms with Crippen molar-refractivity contribution in [2.75, 3.05) is 44.2 Å². The lowest BCUT2D eigenvalue weighted by Crippen LogP contribution is -2.48. The minimum absolute atomic E-state index is 0.153. The highest BCUT2D eigenvalue weighted by atomic mass is 32.1. The van der Waals surface area contributed by atoms with Crippen LogP contribution in [0.5, 0.6) is 0 Å². The maximum absolute atomic E-state index is 12.0. The first-order valence-corrected chi connectivity index (χ1v) is 11.2. The zero-order valence-corrected chi connectivity index (χ0v) is 17.2. The summed E-state index contributed by atoms with van der Waals surface area (Å²) in [4.78, 5) is 28.7. The summed E-state index contributed by atoms with van der Waals surface area (Å²) in [5.41, 5.74) is 1.50. The van der Waals surface area contributed by atoms with E-state index in [1.165, 1.54) is 41.4 Å². The molecular weight excluding hydrogens is 386 g/mol. The second kappa shape index (κ2) is 8.12. The van der Waals surface area contributed by atoms with Gasteiger partial charge in [0.25, 0.3) is 5.91 Å². The van der Waals surface area contributed by atoms with Crippen molar-refractivity contribution in [2.24, 2.45) is 0 Å². The van der Waals surface area contributed by atoms with Gasteiger partial charge >= 0.3 is 0 Å². The summed E-state index contributed by atoms with van der Waals surface area (Å²) in [5, 5.41) is 4.22. The number of anilines is 1. The number of piperazine rings is 1. The molecule has 0 bridgehead atoms. The second-order valence-electron chi connectivity index (χ2n) is 7.65. The van der Waals surface area contributed by atoms with E-state index >= 15 is 0 Å². The maximum atomic E-state index is 12.0. The van der Waals surface area contributed by atoms with E-state index in [1.807, 2.05) is 11.3 Å². The van der Waals surface area contributed by atoms with Crippen molar-refractivity contribution < 1.29 is 9.21 Å². The third kappa shape index (κ3) is 3.74. The molecule has 0 aromatic carbocycles. The number of hydrogen-bond donors (Lipinski definition) is 1. The van der Waals surface area contributed by atoms with Crippen molar-refractivity contribution in [3.63, 3.8) is 0 Å². The van der Waals surface area contributed by atoms with Gasteiger partial charge in [-0.05, 0) is 43.4 Å². The summed E-state index contributed by atoms with van der Waals surface area (Å²) in [6, 6.07) is 3.41. The first kappa shape index (κ1) is 18.6. The molecule has 0 spiro atoms. The van der Waals surface area contributed by atoms with Crippen LogP contribution in [0.15, 0.2) is 29.1 Å². The van der Waals surface area contributed by atoms with E-state index in [2.05, 4.69) is 25.1 Å². The van der Waals surface area contributed by atoms with Gasteiger partial charge in [-0.1, -0.05) is 0 Å². The number of carbonyl (C=O) groups excluding carboxylic acids is 1. The molecule has 29 heavy (non-hydrogen) atoms. The number of furan rings is 1. The zero-order valence-electron chi connectivity index (χ0n) is 16.4. The molecule has 1 aliphatic carbocycles. The molecule has 1 amide bonds. The Balaban J connectivity index is 1.20. The summed E-state index contributed by atoms with van der Waals surface area (Å²) < 4.78 is 5.13. The fraction of sp³-hybridized carbons (Fsp3) is 0.476. The van der Waals surface area contributed by atoms with Crippen molar-refractivity contribution in [1.29, 1.82) is 0 Å². The van der Waals surface area contributed by atoms with Gasteiger partial charge in [0.15, 0.2) is 5.76 Å². The summed E-state index contributed by atoms with van der Waals surface area (Å²) in [6.45, 7) is 5.29. The number of amides is 1. The molecule has 8 heteroatoms. The Bertz CT molecular complexity index is 992. The van der Waals surface area contributed by atoms with Gasteiger partial charge in [-0.2, -0.15) is 0 Å². The number of nitrogens with zero attached hydrogens (tertiary/aromatic N) is 4. The molecule has 152 valence electrons. The first-order valence-electron chi connectivity index (χ1n) is 10.3. The summed E-state index contributed by atoms with van der Waals surface area (Å²) in [7, 11) is 0. The Hall–Kier alpha value is -2.45. The van der Waals surface area contributed by atoms with Crippen molar-refractivity contribution in [1.82, 2.24) is 20.2 Å². The van der Waals surface area contributed by atoms with Gasteiger partial charge in [0.1, 0.15) is 17.0 Å². The van der Waals surface area contributed by atoms with Gasteiger partial charge in [-0.25, -0.2) is 9.97 Å². The monoisotopic (exact) mass is 411 g/mol. The molecule has 1 saturated heterocycles. The van der Waals surface area contributed by atoms with Crippen LogP contribution in [-0.4, -0.2) is 60.0 Å². The van der Waals surface area contributed by atoms with Gasteiger partial charge in [0.2, 0.25) is 0 Å². The third-order valence-electron chi connectivity index (χ3n) is 5.86. The molecule has 2 aliphatic rings. The number of nitrogens with one attached hydrogen (secondary N) is 1. The Morgan fingerprint density at radius 3 is 2.86 bits per heavy atom. The average molecular weight is 412 g/mol. The molecule has 3 aromatic rings.